The molecule has 1 fully saturated rings. The maximum Gasteiger partial charge on any atom is 0.234 e. The number of nitrogens with one attached hydrogen (secondary N) is 1. The van der Waals surface area contributed by atoms with E-state index in [9.17, 15) is 4.79 Å². The number of nitrogens with zero attached hydrogens (tertiary/aromatic N) is 1. The Hall–Kier alpha value is -0.870. The van der Waals surface area contributed by atoms with Crippen molar-refractivity contribution < 1.29 is 4.79 Å². The van der Waals surface area contributed by atoms with E-state index in [4.69, 9.17) is 0 Å². The molecule has 1 amide bonds. The second kappa shape index (κ2) is 7.65. The zero-order valence-corrected chi connectivity index (χ0v) is 12.5. The van der Waals surface area contributed by atoms with Gasteiger partial charge in [0.2, 0.25) is 5.91 Å². The number of thiophene rings is 1. The standard InChI is InChI=1S/C15H24N2OS/c1-13(10-14-6-9-19-12-14)16-15(18)11-17-7-4-2-3-5-8-17/h6,9,12-13H,2-5,7-8,10-11H2,1H3,(H,16,18). The summed E-state index contributed by atoms with van der Waals surface area (Å²) in [5, 5.41) is 7.34. The average Bonchev–Trinajstić information content (AvgIpc) is 2.72. The summed E-state index contributed by atoms with van der Waals surface area (Å²) in [5.74, 6) is 0.171. The summed E-state index contributed by atoms with van der Waals surface area (Å²) >= 11 is 1.71. The van der Waals surface area contributed by atoms with Gasteiger partial charge in [0, 0.05) is 6.04 Å². The molecule has 1 aromatic heterocycles. The van der Waals surface area contributed by atoms with Crippen molar-refractivity contribution in [3.05, 3.63) is 22.4 Å². The Kier molecular flexibility index (Phi) is 5.86. The molecule has 0 bridgehead atoms. The Labute approximate surface area is 120 Å². The molecule has 0 radical (unpaired) electrons. The number of rotatable bonds is 5. The van der Waals surface area contributed by atoms with Gasteiger partial charge in [-0.2, -0.15) is 11.3 Å². The van der Waals surface area contributed by atoms with Gasteiger partial charge in [0.05, 0.1) is 6.54 Å². The Bertz CT molecular complexity index is 370. The molecule has 19 heavy (non-hydrogen) atoms. The molecule has 0 saturated carbocycles. The number of carbonyl (C=O) groups is 1. The molecule has 0 aliphatic carbocycles. The smallest absolute Gasteiger partial charge is 0.234 e. The van der Waals surface area contributed by atoms with Crippen molar-refractivity contribution in [3.8, 4) is 0 Å². The van der Waals surface area contributed by atoms with Crippen molar-refractivity contribution in [3.63, 3.8) is 0 Å². The zero-order valence-electron chi connectivity index (χ0n) is 11.7. The minimum absolute atomic E-state index is 0.171. The molecule has 4 heteroatoms. The van der Waals surface area contributed by atoms with E-state index in [1.54, 1.807) is 11.3 Å². The first-order chi connectivity index (χ1) is 9.24. The lowest BCUT2D eigenvalue weighted by Gasteiger charge is -2.21. The highest BCUT2D eigenvalue weighted by Gasteiger charge is 2.14. The van der Waals surface area contributed by atoms with Crippen LogP contribution >= 0.6 is 11.3 Å². The number of likely N-dealkylation sites (tertiary alicyclic amines) is 1. The van der Waals surface area contributed by atoms with Crippen LogP contribution in [0.4, 0.5) is 0 Å². The van der Waals surface area contributed by atoms with Crippen LogP contribution in [0.25, 0.3) is 0 Å². The molecular weight excluding hydrogens is 256 g/mol. The lowest BCUT2D eigenvalue weighted by molar-refractivity contribution is -0.122. The van der Waals surface area contributed by atoms with Gasteiger partial charge in [-0.05, 0) is 61.7 Å². The van der Waals surface area contributed by atoms with E-state index >= 15 is 0 Å². The van der Waals surface area contributed by atoms with Gasteiger partial charge in [-0.3, -0.25) is 9.69 Å². The van der Waals surface area contributed by atoms with Gasteiger partial charge in [-0.15, -0.1) is 0 Å². The van der Waals surface area contributed by atoms with Crippen LogP contribution in [-0.4, -0.2) is 36.5 Å². The van der Waals surface area contributed by atoms with E-state index in [2.05, 4.69) is 34.0 Å². The van der Waals surface area contributed by atoms with Crippen molar-refractivity contribution >= 4 is 17.2 Å². The van der Waals surface area contributed by atoms with Gasteiger partial charge in [0.15, 0.2) is 0 Å². The van der Waals surface area contributed by atoms with Gasteiger partial charge in [-0.25, -0.2) is 0 Å². The van der Waals surface area contributed by atoms with E-state index in [0.29, 0.717) is 6.54 Å². The minimum Gasteiger partial charge on any atom is -0.352 e. The number of amides is 1. The van der Waals surface area contributed by atoms with Gasteiger partial charge in [0.1, 0.15) is 0 Å². The Balaban J connectivity index is 1.70. The van der Waals surface area contributed by atoms with Crippen molar-refractivity contribution in [2.75, 3.05) is 19.6 Å². The number of hydrogen-bond donors (Lipinski definition) is 1. The van der Waals surface area contributed by atoms with Crippen molar-refractivity contribution in [1.29, 1.82) is 0 Å². The molecule has 0 spiro atoms. The maximum atomic E-state index is 12.0. The third-order valence-electron chi connectivity index (χ3n) is 3.60. The normalized spacial score (nSPS) is 18.8. The fraction of sp³-hybridized carbons (Fsp3) is 0.667. The molecule has 1 atom stereocenters. The van der Waals surface area contributed by atoms with Crippen LogP contribution < -0.4 is 5.32 Å². The van der Waals surface area contributed by atoms with Crippen LogP contribution in [0.1, 0.15) is 38.2 Å². The fourth-order valence-electron chi connectivity index (χ4n) is 2.63. The van der Waals surface area contributed by atoms with Crippen LogP contribution in [0.15, 0.2) is 16.8 Å². The largest absolute Gasteiger partial charge is 0.352 e. The molecule has 0 aromatic carbocycles. The Morgan fingerprint density at radius 1 is 1.37 bits per heavy atom. The molecule has 1 N–H and O–H groups in total. The van der Waals surface area contributed by atoms with Crippen LogP contribution in [-0.2, 0) is 11.2 Å². The first kappa shape index (κ1) is 14.5. The molecule has 2 rings (SSSR count). The van der Waals surface area contributed by atoms with Crippen molar-refractivity contribution in [1.82, 2.24) is 10.2 Å². The van der Waals surface area contributed by atoms with Crippen LogP contribution in [0, 0.1) is 0 Å². The van der Waals surface area contributed by atoms with Gasteiger partial charge < -0.3 is 5.32 Å². The third kappa shape index (κ3) is 5.33. The number of hydrogen-bond acceptors (Lipinski definition) is 3. The zero-order chi connectivity index (χ0) is 13.5. The van der Waals surface area contributed by atoms with E-state index in [0.717, 1.165) is 19.5 Å². The SMILES string of the molecule is CC(Cc1ccsc1)NC(=O)CN1CCCCCC1. The predicted molar refractivity (Wildman–Crippen MR) is 80.5 cm³/mol. The molecule has 1 aliphatic rings. The van der Waals surface area contributed by atoms with E-state index < -0.39 is 0 Å². The summed E-state index contributed by atoms with van der Waals surface area (Å²) in [6.45, 7) is 4.80. The highest BCUT2D eigenvalue weighted by atomic mass is 32.1. The molecule has 106 valence electrons. The fourth-order valence-corrected chi connectivity index (χ4v) is 3.31. The lowest BCUT2D eigenvalue weighted by atomic mass is 10.1. The maximum absolute atomic E-state index is 12.0. The summed E-state index contributed by atoms with van der Waals surface area (Å²) in [6, 6.07) is 2.34. The number of carbonyl (C=O) groups excluding carboxylic acids is 1. The molecule has 3 nitrogen and oxygen atoms in total. The third-order valence-corrected chi connectivity index (χ3v) is 4.33. The molecule has 2 heterocycles. The highest BCUT2D eigenvalue weighted by molar-refractivity contribution is 7.07. The molecule has 1 aliphatic heterocycles. The Morgan fingerprint density at radius 3 is 2.74 bits per heavy atom. The minimum atomic E-state index is 0.171. The monoisotopic (exact) mass is 280 g/mol. The van der Waals surface area contributed by atoms with Crippen molar-refractivity contribution in [2.45, 2.75) is 45.1 Å². The highest BCUT2D eigenvalue weighted by Crippen LogP contribution is 2.10. The molecule has 1 saturated heterocycles. The first-order valence-corrected chi connectivity index (χ1v) is 8.21. The van der Waals surface area contributed by atoms with Gasteiger partial charge in [0.25, 0.3) is 0 Å². The van der Waals surface area contributed by atoms with E-state index in [-0.39, 0.29) is 11.9 Å². The second-order valence-corrected chi connectivity index (χ2v) is 6.27. The molecule has 1 unspecified atom stereocenters. The summed E-state index contributed by atoms with van der Waals surface area (Å²) in [6.07, 6.45) is 6.02. The molecule has 1 aromatic rings. The Morgan fingerprint density at radius 2 is 2.11 bits per heavy atom. The second-order valence-electron chi connectivity index (χ2n) is 5.49. The van der Waals surface area contributed by atoms with E-state index in [1.165, 1.54) is 31.2 Å². The van der Waals surface area contributed by atoms with Gasteiger partial charge in [-0.1, -0.05) is 12.8 Å². The van der Waals surface area contributed by atoms with Crippen LogP contribution in [0.2, 0.25) is 0 Å². The van der Waals surface area contributed by atoms with Gasteiger partial charge >= 0.3 is 0 Å². The lowest BCUT2D eigenvalue weighted by Crippen LogP contribution is -2.42. The van der Waals surface area contributed by atoms with Crippen LogP contribution in [0.3, 0.4) is 0 Å². The molecular formula is C15H24N2OS. The first-order valence-electron chi connectivity index (χ1n) is 7.27. The van der Waals surface area contributed by atoms with E-state index in [1.807, 2.05) is 0 Å². The van der Waals surface area contributed by atoms with Crippen molar-refractivity contribution in [2.24, 2.45) is 0 Å². The summed E-state index contributed by atoms with van der Waals surface area (Å²) in [5.41, 5.74) is 1.31. The average molecular weight is 280 g/mol. The quantitative estimate of drug-likeness (QED) is 0.899. The van der Waals surface area contributed by atoms with Crippen LogP contribution in [0.5, 0.6) is 0 Å². The summed E-state index contributed by atoms with van der Waals surface area (Å²) < 4.78 is 0. The summed E-state index contributed by atoms with van der Waals surface area (Å²) in [7, 11) is 0. The predicted octanol–water partition coefficient (Wildman–Crippen LogP) is 2.67. The summed E-state index contributed by atoms with van der Waals surface area (Å²) in [4.78, 5) is 14.3. The topological polar surface area (TPSA) is 32.3 Å².